The summed E-state index contributed by atoms with van der Waals surface area (Å²) in [6, 6.07) is 3.76. The maximum atomic E-state index is 12.2. The first kappa shape index (κ1) is 17.0. The summed E-state index contributed by atoms with van der Waals surface area (Å²) in [6.07, 6.45) is 2.96. The number of rotatable bonds is 6. The Kier molecular flexibility index (Phi) is 4.63. The van der Waals surface area contributed by atoms with Crippen molar-refractivity contribution >= 4 is 11.9 Å². The van der Waals surface area contributed by atoms with Crippen LogP contribution in [0.3, 0.4) is 0 Å². The van der Waals surface area contributed by atoms with Crippen molar-refractivity contribution in [2.75, 3.05) is 14.2 Å². The van der Waals surface area contributed by atoms with E-state index in [0.29, 0.717) is 12.8 Å². The molecule has 0 bridgehead atoms. The van der Waals surface area contributed by atoms with Crippen molar-refractivity contribution in [3.63, 3.8) is 0 Å². The number of nitrogens with zero attached hydrogens (tertiary/aromatic N) is 2. The SMILES string of the molecule is CCCCCC1(C)C(C#N)(C(=O)OC)C1(C#N)C(=O)OC. The minimum atomic E-state index is -1.80. The van der Waals surface area contributed by atoms with Crippen LogP contribution in [-0.4, -0.2) is 26.2 Å². The lowest BCUT2D eigenvalue weighted by Crippen LogP contribution is -2.29. The molecule has 1 aliphatic rings. The van der Waals surface area contributed by atoms with E-state index in [1.165, 1.54) is 0 Å². The lowest BCUT2D eigenvalue weighted by Gasteiger charge is -2.13. The third-order valence-corrected chi connectivity index (χ3v) is 4.75. The number of hydrogen-bond acceptors (Lipinski definition) is 6. The fraction of sp³-hybridized carbons (Fsp3) is 0.733. The Morgan fingerprint density at radius 1 is 1.00 bits per heavy atom. The first-order chi connectivity index (χ1) is 9.89. The van der Waals surface area contributed by atoms with Crippen LogP contribution in [-0.2, 0) is 19.1 Å². The fourth-order valence-electron chi connectivity index (χ4n) is 3.46. The zero-order chi connectivity index (χ0) is 16.3. The van der Waals surface area contributed by atoms with Gasteiger partial charge in [0, 0.05) is 5.41 Å². The monoisotopic (exact) mass is 292 g/mol. The van der Waals surface area contributed by atoms with E-state index in [1.807, 2.05) is 19.1 Å². The summed E-state index contributed by atoms with van der Waals surface area (Å²) >= 11 is 0. The number of ether oxygens (including phenoxy) is 2. The summed E-state index contributed by atoms with van der Waals surface area (Å²) in [5.41, 5.74) is -4.70. The summed E-state index contributed by atoms with van der Waals surface area (Å²) in [7, 11) is 2.29. The van der Waals surface area contributed by atoms with Gasteiger partial charge in [0.15, 0.2) is 10.8 Å². The maximum absolute atomic E-state index is 12.2. The number of methoxy groups -OCH3 is 2. The Morgan fingerprint density at radius 2 is 1.43 bits per heavy atom. The zero-order valence-corrected chi connectivity index (χ0v) is 12.9. The second kappa shape index (κ2) is 5.73. The van der Waals surface area contributed by atoms with Crippen LogP contribution in [0.1, 0.15) is 39.5 Å². The van der Waals surface area contributed by atoms with Gasteiger partial charge in [-0.1, -0.05) is 33.1 Å². The summed E-state index contributed by atoms with van der Waals surface area (Å²) in [6.45, 7) is 3.63. The van der Waals surface area contributed by atoms with Gasteiger partial charge in [0.25, 0.3) is 0 Å². The Hall–Kier alpha value is -2.08. The van der Waals surface area contributed by atoms with Crippen molar-refractivity contribution in [1.82, 2.24) is 0 Å². The van der Waals surface area contributed by atoms with Gasteiger partial charge < -0.3 is 9.47 Å². The molecule has 114 valence electrons. The van der Waals surface area contributed by atoms with Crippen LogP contribution in [0.25, 0.3) is 0 Å². The van der Waals surface area contributed by atoms with Crippen LogP contribution in [0.5, 0.6) is 0 Å². The van der Waals surface area contributed by atoms with Crippen LogP contribution < -0.4 is 0 Å². The Labute approximate surface area is 124 Å². The van der Waals surface area contributed by atoms with Crippen molar-refractivity contribution in [3.05, 3.63) is 0 Å². The Bertz CT molecular complexity index is 491. The van der Waals surface area contributed by atoms with Crippen LogP contribution in [0.4, 0.5) is 0 Å². The average Bonchev–Trinajstić information content (AvgIpc) is 3.00. The van der Waals surface area contributed by atoms with E-state index >= 15 is 0 Å². The molecule has 0 aliphatic heterocycles. The highest BCUT2D eigenvalue weighted by Crippen LogP contribution is 2.80. The van der Waals surface area contributed by atoms with Gasteiger partial charge in [0.1, 0.15) is 0 Å². The average molecular weight is 292 g/mol. The molecule has 0 aromatic carbocycles. The number of nitriles is 2. The smallest absolute Gasteiger partial charge is 0.329 e. The Balaban J connectivity index is 3.38. The van der Waals surface area contributed by atoms with Gasteiger partial charge in [-0.15, -0.1) is 0 Å². The molecule has 2 unspecified atom stereocenters. The standard InChI is InChI=1S/C15H20N2O4/c1-5-6-7-8-13(2)14(9-16,11(18)20-3)15(13,10-17)12(19)21-4/h5-8H2,1-4H3. The molecule has 0 saturated heterocycles. The first-order valence-corrected chi connectivity index (χ1v) is 6.89. The van der Waals surface area contributed by atoms with Gasteiger partial charge in [-0.05, 0) is 6.42 Å². The summed E-state index contributed by atoms with van der Waals surface area (Å²) < 4.78 is 9.40. The number of carbonyl (C=O) groups is 2. The summed E-state index contributed by atoms with van der Waals surface area (Å²) in [5, 5.41) is 19.1. The quantitative estimate of drug-likeness (QED) is 0.548. The Morgan fingerprint density at radius 3 is 1.71 bits per heavy atom. The molecular weight excluding hydrogens is 272 g/mol. The van der Waals surface area contributed by atoms with Crippen molar-refractivity contribution in [3.8, 4) is 12.1 Å². The number of unbranched alkanes of at least 4 members (excludes halogenated alkanes) is 2. The molecule has 0 heterocycles. The van der Waals surface area contributed by atoms with Gasteiger partial charge in [0.2, 0.25) is 0 Å². The second-order valence-electron chi connectivity index (χ2n) is 5.50. The summed E-state index contributed by atoms with van der Waals surface area (Å²) in [5.74, 6) is -1.70. The van der Waals surface area contributed by atoms with Crippen LogP contribution in [0, 0.1) is 38.9 Å². The third-order valence-electron chi connectivity index (χ3n) is 4.75. The largest absolute Gasteiger partial charge is 0.468 e. The molecule has 0 aromatic heterocycles. The number of hydrogen-bond donors (Lipinski definition) is 0. The highest BCUT2D eigenvalue weighted by Gasteiger charge is 2.95. The normalized spacial score (nSPS) is 33.4. The van der Waals surface area contributed by atoms with E-state index in [1.54, 1.807) is 6.92 Å². The van der Waals surface area contributed by atoms with Gasteiger partial charge >= 0.3 is 11.9 Å². The van der Waals surface area contributed by atoms with E-state index in [4.69, 9.17) is 9.47 Å². The molecule has 2 atom stereocenters. The van der Waals surface area contributed by atoms with Crippen LogP contribution >= 0.6 is 0 Å². The molecule has 6 heteroatoms. The van der Waals surface area contributed by atoms with Crippen LogP contribution in [0.15, 0.2) is 0 Å². The molecule has 1 fully saturated rings. The highest BCUT2D eigenvalue weighted by molar-refractivity contribution is 6.02. The molecule has 0 N–H and O–H groups in total. The van der Waals surface area contributed by atoms with Crippen molar-refractivity contribution < 1.29 is 19.1 Å². The number of carbonyl (C=O) groups excluding carboxylic acids is 2. The predicted molar refractivity (Wildman–Crippen MR) is 72.4 cm³/mol. The molecule has 21 heavy (non-hydrogen) atoms. The molecule has 0 radical (unpaired) electrons. The lowest BCUT2D eigenvalue weighted by atomic mass is 9.89. The van der Waals surface area contributed by atoms with Crippen LogP contribution in [0.2, 0.25) is 0 Å². The topological polar surface area (TPSA) is 100 Å². The predicted octanol–water partition coefficient (Wildman–Crippen LogP) is 1.95. The zero-order valence-electron chi connectivity index (χ0n) is 12.9. The van der Waals surface area contributed by atoms with Gasteiger partial charge in [-0.2, -0.15) is 10.5 Å². The minimum Gasteiger partial charge on any atom is -0.468 e. The highest BCUT2D eigenvalue weighted by atomic mass is 16.5. The van der Waals surface area contributed by atoms with E-state index < -0.39 is 28.2 Å². The summed E-state index contributed by atoms with van der Waals surface area (Å²) in [4.78, 5) is 24.3. The van der Waals surface area contributed by atoms with Crippen molar-refractivity contribution in [2.45, 2.75) is 39.5 Å². The van der Waals surface area contributed by atoms with Gasteiger partial charge in [-0.3, -0.25) is 9.59 Å². The van der Waals surface area contributed by atoms with E-state index in [0.717, 1.165) is 27.1 Å². The molecule has 1 rings (SSSR count). The van der Waals surface area contributed by atoms with Crippen molar-refractivity contribution in [2.24, 2.45) is 16.2 Å². The van der Waals surface area contributed by atoms with E-state index in [9.17, 15) is 20.1 Å². The molecule has 1 aliphatic carbocycles. The second-order valence-corrected chi connectivity index (χ2v) is 5.50. The van der Waals surface area contributed by atoms with E-state index in [-0.39, 0.29) is 0 Å². The molecule has 0 amide bonds. The molecule has 6 nitrogen and oxygen atoms in total. The van der Waals surface area contributed by atoms with Gasteiger partial charge in [0.05, 0.1) is 26.4 Å². The number of esters is 2. The fourth-order valence-corrected chi connectivity index (χ4v) is 3.46. The minimum absolute atomic E-state index is 0.409. The molecule has 0 aromatic rings. The van der Waals surface area contributed by atoms with Crippen molar-refractivity contribution in [1.29, 1.82) is 10.5 Å². The molecule has 1 saturated carbocycles. The molecule has 0 spiro atoms. The third kappa shape index (κ3) is 1.75. The van der Waals surface area contributed by atoms with Gasteiger partial charge in [-0.25, -0.2) is 0 Å². The van der Waals surface area contributed by atoms with E-state index in [2.05, 4.69) is 0 Å². The lowest BCUT2D eigenvalue weighted by molar-refractivity contribution is -0.153. The first-order valence-electron chi connectivity index (χ1n) is 6.89. The maximum Gasteiger partial charge on any atom is 0.329 e. The molecular formula is C15H20N2O4.